The number of alkyl halides is 3. The molecule has 43 heavy (non-hydrogen) atoms. The zero-order valence-corrected chi connectivity index (χ0v) is 23.9. The number of aryl methyl sites for hydroxylation is 1. The molecule has 3 aromatic carbocycles. The van der Waals surface area contributed by atoms with Crippen LogP contribution in [0.15, 0.2) is 84.0 Å². The van der Waals surface area contributed by atoms with Crippen LogP contribution in [-0.4, -0.2) is 53.3 Å². The molecule has 0 radical (unpaired) electrons. The third-order valence-corrected chi connectivity index (χ3v) is 8.00. The summed E-state index contributed by atoms with van der Waals surface area (Å²) in [5.74, 6) is -4.02. The minimum atomic E-state index is -5.29. The Labute approximate surface area is 245 Å². The molecule has 1 heterocycles. The molecular formula is C29H29F3N4O6S. The smallest absolute Gasteiger partial charge is 0.387 e. The summed E-state index contributed by atoms with van der Waals surface area (Å²) >= 11 is 0. The van der Waals surface area contributed by atoms with Crippen LogP contribution in [0.4, 0.5) is 18.9 Å². The number of sulfonamides is 1. The molecule has 0 bridgehead atoms. The molecule has 0 spiro atoms. The number of imidazole rings is 1. The Kier molecular flexibility index (Phi) is 9.23. The Morgan fingerprint density at radius 3 is 2.44 bits per heavy atom. The Morgan fingerprint density at radius 2 is 1.74 bits per heavy atom. The fourth-order valence-corrected chi connectivity index (χ4v) is 5.24. The maximum atomic E-state index is 12.6. The SMILES string of the molecule is CC(C)(CCn1cnc2cc(C(=O)OC(=O)C(F)(F)F)ccc21)NC[C@H](O)c1cccc(NS(=O)(=O)c2ccccc2)c1. The normalized spacial score (nSPS) is 13.1. The monoisotopic (exact) mass is 618 g/mol. The van der Waals surface area contributed by atoms with Crippen LogP contribution in [0.25, 0.3) is 11.0 Å². The maximum Gasteiger partial charge on any atom is 0.491 e. The van der Waals surface area contributed by atoms with Crippen LogP contribution in [0.5, 0.6) is 0 Å². The van der Waals surface area contributed by atoms with E-state index in [9.17, 15) is 36.3 Å². The van der Waals surface area contributed by atoms with Crippen molar-refractivity contribution >= 4 is 38.7 Å². The number of anilines is 1. The molecule has 0 unspecified atom stereocenters. The Balaban J connectivity index is 1.34. The number of nitrogens with zero attached hydrogens (tertiary/aromatic N) is 2. The van der Waals surface area contributed by atoms with Gasteiger partial charge in [0.15, 0.2) is 0 Å². The highest BCUT2D eigenvalue weighted by Gasteiger charge is 2.42. The van der Waals surface area contributed by atoms with Gasteiger partial charge in [0.05, 0.1) is 33.9 Å². The largest absolute Gasteiger partial charge is 0.491 e. The van der Waals surface area contributed by atoms with E-state index >= 15 is 0 Å². The van der Waals surface area contributed by atoms with Gasteiger partial charge < -0.3 is 19.7 Å². The van der Waals surface area contributed by atoms with Gasteiger partial charge in [-0.1, -0.05) is 30.3 Å². The second-order valence-electron chi connectivity index (χ2n) is 10.4. The third kappa shape index (κ3) is 8.18. The van der Waals surface area contributed by atoms with Crippen LogP contribution in [0.1, 0.15) is 42.3 Å². The van der Waals surface area contributed by atoms with Gasteiger partial charge >= 0.3 is 18.1 Å². The first-order valence-corrected chi connectivity index (χ1v) is 14.5. The topological polar surface area (TPSA) is 140 Å². The predicted molar refractivity (Wildman–Crippen MR) is 152 cm³/mol. The number of esters is 2. The Bertz CT molecular complexity index is 1720. The van der Waals surface area contributed by atoms with Crippen LogP contribution in [0, 0.1) is 0 Å². The van der Waals surface area contributed by atoms with Crippen LogP contribution in [0.2, 0.25) is 0 Å². The highest BCUT2D eigenvalue weighted by atomic mass is 32.2. The number of rotatable bonds is 11. The fraction of sp³-hybridized carbons (Fsp3) is 0.276. The van der Waals surface area contributed by atoms with Crippen molar-refractivity contribution in [3.63, 3.8) is 0 Å². The lowest BCUT2D eigenvalue weighted by atomic mass is 9.99. The number of carbonyl (C=O) groups is 2. The zero-order valence-electron chi connectivity index (χ0n) is 23.1. The standard InChI is InChI=1S/C29H29F3N4O6S/c1-28(2,13-14-36-18-33-23-16-20(11-12-24(23)36)26(38)42-27(39)29(30,31)32)34-17-25(37)19-7-6-8-21(15-19)35-43(40,41)22-9-4-3-5-10-22/h3-12,15-16,18,25,34-35,37H,13-14,17H2,1-2H3/t25-/m0/s1. The summed E-state index contributed by atoms with van der Waals surface area (Å²) in [6, 6.07) is 18.4. The summed E-state index contributed by atoms with van der Waals surface area (Å²) in [5, 5.41) is 14.1. The molecule has 0 aliphatic rings. The molecule has 0 saturated carbocycles. The minimum absolute atomic E-state index is 0.121. The summed E-state index contributed by atoms with van der Waals surface area (Å²) in [7, 11) is -3.78. The highest BCUT2D eigenvalue weighted by Crippen LogP contribution is 2.23. The molecule has 0 fully saturated rings. The highest BCUT2D eigenvalue weighted by molar-refractivity contribution is 7.92. The maximum absolute atomic E-state index is 12.6. The van der Waals surface area contributed by atoms with Crippen LogP contribution in [0.3, 0.4) is 0 Å². The van der Waals surface area contributed by atoms with Crippen molar-refractivity contribution in [2.75, 3.05) is 11.3 Å². The number of fused-ring (bicyclic) bond motifs is 1. The fourth-order valence-electron chi connectivity index (χ4n) is 4.17. The van der Waals surface area contributed by atoms with E-state index in [2.05, 4.69) is 19.8 Å². The number of carbonyl (C=O) groups excluding carboxylic acids is 2. The summed E-state index contributed by atoms with van der Waals surface area (Å²) in [6.07, 6.45) is -4.12. The van der Waals surface area contributed by atoms with E-state index < -0.39 is 39.8 Å². The molecule has 4 rings (SSSR count). The van der Waals surface area contributed by atoms with Gasteiger partial charge in [-0.15, -0.1) is 0 Å². The van der Waals surface area contributed by atoms with Crippen molar-refractivity contribution < 1.29 is 41.0 Å². The number of nitrogens with one attached hydrogen (secondary N) is 2. The van der Waals surface area contributed by atoms with Crippen molar-refractivity contribution in [3.05, 3.63) is 90.3 Å². The van der Waals surface area contributed by atoms with E-state index in [1.165, 1.54) is 36.7 Å². The van der Waals surface area contributed by atoms with Crippen LogP contribution < -0.4 is 10.0 Å². The average molecular weight is 619 g/mol. The predicted octanol–water partition coefficient (Wildman–Crippen LogP) is 4.57. The van der Waals surface area contributed by atoms with E-state index in [1.54, 1.807) is 47.0 Å². The number of aliphatic hydroxyl groups is 1. The van der Waals surface area contributed by atoms with E-state index in [4.69, 9.17) is 0 Å². The van der Waals surface area contributed by atoms with Crippen LogP contribution in [-0.2, 0) is 26.1 Å². The van der Waals surface area contributed by atoms with Gasteiger partial charge in [-0.25, -0.2) is 23.0 Å². The lowest BCUT2D eigenvalue weighted by Crippen LogP contribution is -2.42. The molecule has 10 nitrogen and oxygen atoms in total. The first-order valence-electron chi connectivity index (χ1n) is 13.0. The number of β-amino-alcohol motifs (C(OH)–C–C–N with tert-alkyl or cyclic N) is 1. The minimum Gasteiger partial charge on any atom is -0.387 e. The number of halogens is 3. The molecule has 0 aliphatic heterocycles. The Morgan fingerprint density at radius 1 is 1.02 bits per heavy atom. The van der Waals surface area contributed by atoms with Gasteiger partial charge in [-0.05, 0) is 68.3 Å². The van der Waals surface area contributed by atoms with Crippen molar-refractivity contribution in [1.82, 2.24) is 14.9 Å². The molecule has 0 aliphatic carbocycles. The van der Waals surface area contributed by atoms with Crippen LogP contribution >= 0.6 is 0 Å². The van der Waals surface area contributed by atoms with Crippen molar-refractivity contribution in [2.24, 2.45) is 0 Å². The number of aliphatic hydroxyl groups excluding tert-OH is 1. The van der Waals surface area contributed by atoms with Gasteiger partial charge in [-0.2, -0.15) is 13.2 Å². The molecule has 14 heteroatoms. The molecule has 4 aromatic rings. The first kappa shape index (κ1) is 31.7. The van der Waals surface area contributed by atoms with Crippen molar-refractivity contribution in [1.29, 1.82) is 0 Å². The van der Waals surface area contributed by atoms with E-state index in [-0.39, 0.29) is 17.0 Å². The summed E-state index contributed by atoms with van der Waals surface area (Å²) in [6.45, 7) is 4.53. The summed E-state index contributed by atoms with van der Waals surface area (Å²) in [4.78, 5) is 27.2. The quantitative estimate of drug-likeness (QED) is 0.164. The molecule has 3 N–H and O–H groups in total. The summed E-state index contributed by atoms with van der Waals surface area (Å²) < 4.78 is 70.7. The number of ether oxygens (including phenoxy) is 1. The number of hydrogen-bond acceptors (Lipinski definition) is 8. The van der Waals surface area contributed by atoms with Gasteiger partial charge in [0, 0.05) is 24.3 Å². The molecule has 1 aromatic heterocycles. The zero-order chi connectivity index (χ0) is 31.4. The Hall–Kier alpha value is -4.27. The number of hydrogen-bond donors (Lipinski definition) is 3. The van der Waals surface area contributed by atoms with Gasteiger partial charge in [0.1, 0.15) is 0 Å². The molecular weight excluding hydrogens is 589 g/mol. The lowest BCUT2D eigenvalue weighted by Gasteiger charge is -2.28. The first-order chi connectivity index (χ1) is 20.1. The van der Waals surface area contributed by atoms with E-state index in [1.807, 2.05) is 13.8 Å². The van der Waals surface area contributed by atoms with Gasteiger partial charge in [-0.3, -0.25) is 4.72 Å². The lowest BCUT2D eigenvalue weighted by molar-refractivity contribution is -0.193. The summed E-state index contributed by atoms with van der Waals surface area (Å²) in [5.41, 5.74) is 1.06. The molecule has 0 amide bonds. The second-order valence-corrected chi connectivity index (χ2v) is 12.1. The molecule has 1 atom stereocenters. The third-order valence-electron chi connectivity index (χ3n) is 6.60. The van der Waals surface area contributed by atoms with Gasteiger partial charge in [0.2, 0.25) is 0 Å². The van der Waals surface area contributed by atoms with E-state index in [0.717, 1.165) is 0 Å². The number of benzene rings is 3. The second kappa shape index (κ2) is 12.5. The number of aromatic nitrogens is 2. The van der Waals surface area contributed by atoms with Crippen molar-refractivity contribution in [2.45, 2.75) is 49.5 Å². The van der Waals surface area contributed by atoms with E-state index in [0.29, 0.717) is 35.2 Å². The van der Waals surface area contributed by atoms with Crippen molar-refractivity contribution in [3.8, 4) is 0 Å². The molecule has 228 valence electrons. The average Bonchev–Trinajstić information content (AvgIpc) is 3.37. The molecule has 0 saturated heterocycles. The van der Waals surface area contributed by atoms with Gasteiger partial charge in [0.25, 0.3) is 10.0 Å².